The van der Waals surface area contributed by atoms with Crippen molar-refractivity contribution in [2.75, 3.05) is 5.75 Å². The number of carbonyl (C=O) groups excluding carboxylic acids is 1. The number of hydrazone groups is 1. The van der Waals surface area contributed by atoms with Crippen molar-refractivity contribution in [3.05, 3.63) is 58.1 Å². The fraction of sp³-hybridized carbons (Fsp3) is 0.118. The van der Waals surface area contributed by atoms with Crippen molar-refractivity contribution in [1.82, 2.24) is 15.0 Å². The number of halogens is 2. The number of carbonyl (C=O) groups is 1. The molecular formula is C17H14Cl2N4OS. The van der Waals surface area contributed by atoms with E-state index in [-0.39, 0.29) is 11.7 Å². The van der Waals surface area contributed by atoms with E-state index in [1.807, 2.05) is 35.9 Å². The Bertz CT molecular complexity index is 955. The van der Waals surface area contributed by atoms with Crippen molar-refractivity contribution >= 4 is 58.1 Å². The van der Waals surface area contributed by atoms with Crippen LogP contribution in [0.3, 0.4) is 0 Å². The molecule has 3 rings (SSSR count). The van der Waals surface area contributed by atoms with Gasteiger partial charge < -0.3 is 4.57 Å². The molecule has 0 saturated heterocycles. The fourth-order valence-corrected chi connectivity index (χ4v) is 3.43. The first-order chi connectivity index (χ1) is 12.0. The largest absolute Gasteiger partial charge is 0.322 e. The third-order valence-corrected chi connectivity index (χ3v) is 5.03. The van der Waals surface area contributed by atoms with Gasteiger partial charge >= 0.3 is 0 Å². The van der Waals surface area contributed by atoms with Gasteiger partial charge in [0, 0.05) is 17.6 Å². The monoisotopic (exact) mass is 392 g/mol. The third kappa shape index (κ3) is 4.34. The van der Waals surface area contributed by atoms with E-state index in [0.29, 0.717) is 15.6 Å². The lowest BCUT2D eigenvalue weighted by atomic mass is 10.2. The average Bonchev–Trinajstić information content (AvgIpc) is 2.91. The smallest absolute Gasteiger partial charge is 0.250 e. The summed E-state index contributed by atoms with van der Waals surface area (Å²) in [6, 6.07) is 12.9. The molecule has 0 spiro atoms. The Morgan fingerprint density at radius 3 is 2.88 bits per heavy atom. The molecule has 0 unspecified atom stereocenters. The van der Waals surface area contributed by atoms with Crippen LogP contribution in [0.4, 0.5) is 0 Å². The summed E-state index contributed by atoms with van der Waals surface area (Å²) in [5, 5.41) is 5.71. The number of para-hydroxylation sites is 2. The number of nitrogens with zero attached hydrogens (tertiary/aromatic N) is 3. The lowest BCUT2D eigenvalue weighted by molar-refractivity contribution is -0.118. The topological polar surface area (TPSA) is 59.3 Å². The Morgan fingerprint density at radius 1 is 1.32 bits per heavy atom. The molecule has 1 heterocycles. The van der Waals surface area contributed by atoms with Crippen LogP contribution >= 0.6 is 35.0 Å². The first-order valence-electron chi connectivity index (χ1n) is 7.36. The molecule has 0 aliphatic heterocycles. The number of benzene rings is 2. The second-order valence-corrected chi connectivity index (χ2v) is 6.98. The van der Waals surface area contributed by atoms with Crippen molar-refractivity contribution in [3.8, 4) is 0 Å². The van der Waals surface area contributed by atoms with Gasteiger partial charge in [-0.25, -0.2) is 10.4 Å². The van der Waals surface area contributed by atoms with Gasteiger partial charge in [-0.3, -0.25) is 4.79 Å². The molecule has 0 aliphatic rings. The van der Waals surface area contributed by atoms with Crippen molar-refractivity contribution in [2.24, 2.45) is 12.1 Å². The zero-order chi connectivity index (χ0) is 17.8. The Kier molecular flexibility index (Phi) is 5.63. The van der Waals surface area contributed by atoms with Crippen molar-refractivity contribution in [1.29, 1.82) is 0 Å². The Morgan fingerprint density at radius 2 is 2.12 bits per heavy atom. The molecule has 0 atom stereocenters. The van der Waals surface area contributed by atoms with E-state index in [2.05, 4.69) is 15.5 Å². The summed E-state index contributed by atoms with van der Waals surface area (Å²) in [6.07, 6.45) is 1.48. The number of imidazole rings is 1. The van der Waals surface area contributed by atoms with E-state index in [4.69, 9.17) is 23.2 Å². The summed E-state index contributed by atoms with van der Waals surface area (Å²) in [5.41, 5.74) is 5.09. The van der Waals surface area contributed by atoms with Gasteiger partial charge in [0.05, 0.1) is 28.0 Å². The van der Waals surface area contributed by atoms with Crippen LogP contribution in [0.1, 0.15) is 5.56 Å². The van der Waals surface area contributed by atoms with Gasteiger partial charge in [-0.15, -0.1) is 0 Å². The molecule has 5 nitrogen and oxygen atoms in total. The van der Waals surface area contributed by atoms with E-state index in [1.54, 1.807) is 18.2 Å². The summed E-state index contributed by atoms with van der Waals surface area (Å²) in [7, 11) is 1.93. The second kappa shape index (κ2) is 7.91. The van der Waals surface area contributed by atoms with Gasteiger partial charge in [0.15, 0.2) is 5.16 Å². The molecule has 0 radical (unpaired) electrons. The zero-order valence-electron chi connectivity index (χ0n) is 13.2. The number of fused-ring (bicyclic) bond motifs is 1. The molecule has 128 valence electrons. The summed E-state index contributed by atoms with van der Waals surface area (Å²) < 4.78 is 1.96. The van der Waals surface area contributed by atoms with Gasteiger partial charge in [0.1, 0.15) is 0 Å². The lowest BCUT2D eigenvalue weighted by Gasteiger charge is -2.02. The highest BCUT2D eigenvalue weighted by Crippen LogP contribution is 2.22. The molecule has 1 amide bonds. The van der Waals surface area contributed by atoms with Crippen LogP contribution in [-0.4, -0.2) is 27.4 Å². The number of thioether (sulfide) groups is 1. The molecule has 2 aromatic carbocycles. The summed E-state index contributed by atoms with van der Waals surface area (Å²) in [6.45, 7) is 0. The van der Waals surface area contributed by atoms with E-state index in [0.717, 1.165) is 16.2 Å². The van der Waals surface area contributed by atoms with E-state index >= 15 is 0 Å². The van der Waals surface area contributed by atoms with Gasteiger partial charge in [-0.05, 0) is 24.3 Å². The number of nitrogens with one attached hydrogen (secondary N) is 1. The molecule has 0 saturated carbocycles. The molecule has 25 heavy (non-hydrogen) atoms. The normalized spacial score (nSPS) is 11.3. The standard InChI is InChI=1S/C17H14Cl2N4OS/c1-23-15-5-3-2-4-14(15)21-17(23)25-10-16(24)22-20-9-11-6-7-12(18)8-13(11)19/h2-9H,10H2,1H3,(H,22,24)/b20-9+. The van der Waals surface area contributed by atoms with Gasteiger partial charge in [0.2, 0.25) is 0 Å². The Hall–Kier alpha value is -2.02. The van der Waals surface area contributed by atoms with Crippen molar-refractivity contribution in [3.63, 3.8) is 0 Å². The molecule has 1 aromatic heterocycles. The number of aromatic nitrogens is 2. The van der Waals surface area contributed by atoms with Crippen LogP contribution in [0.2, 0.25) is 10.0 Å². The highest BCUT2D eigenvalue weighted by atomic mass is 35.5. The second-order valence-electron chi connectivity index (χ2n) is 5.19. The first-order valence-corrected chi connectivity index (χ1v) is 9.10. The lowest BCUT2D eigenvalue weighted by Crippen LogP contribution is -2.19. The SMILES string of the molecule is Cn1c(SCC(=O)N/N=C/c2ccc(Cl)cc2Cl)nc2ccccc21. The fourth-order valence-electron chi connectivity index (χ4n) is 2.19. The van der Waals surface area contributed by atoms with E-state index in [9.17, 15) is 4.79 Å². The predicted octanol–water partition coefficient (Wildman–Crippen LogP) is 4.12. The third-order valence-electron chi connectivity index (χ3n) is 3.43. The number of aryl methyl sites for hydroxylation is 1. The van der Waals surface area contributed by atoms with Crippen LogP contribution in [0.25, 0.3) is 11.0 Å². The Labute approximate surface area is 159 Å². The molecule has 8 heteroatoms. The van der Waals surface area contributed by atoms with Gasteiger partial charge in [-0.1, -0.05) is 53.2 Å². The molecule has 1 N–H and O–H groups in total. The number of rotatable bonds is 5. The van der Waals surface area contributed by atoms with Crippen LogP contribution in [0.15, 0.2) is 52.7 Å². The molecular weight excluding hydrogens is 379 g/mol. The van der Waals surface area contributed by atoms with Crippen LogP contribution in [-0.2, 0) is 11.8 Å². The maximum absolute atomic E-state index is 11.9. The minimum atomic E-state index is -0.224. The Balaban J connectivity index is 1.57. The number of amides is 1. The first kappa shape index (κ1) is 17.8. The molecule has 3 aromatic rings. The highest BCUT2D eigenvalue weighted by Gasteiger charge is 2.09. The van der Waals surface area contributed by atoms with Crippen LogP contribution in [0.5, 0.6) is 0 Å². The zero-order valence-corrected chi connectivity index (χ0v) is 15.6. The minimum absolute atomic E-state index is 0.211. The van der Waals surface area contributed by atoms with E-state index < -0.39 is 0 Å². The van der Waals surface area contributed by atoms with E-state index in [1.165, 1.54) is 18.0 Å². The molecule has 0 bridgehead atoms. The van der Waals surface area contributed by atoms with Crippen LogP contribution in [0, 0.1) is 0 Å². The minimum Gasteiger partial charge on any atom is -0.322 e. The summed E-state index contributed by atoms with van der Waals surface area (Å²) in [4.78, 5) is 16.4. The predicted molar refractivity (Wildman–Crippen MR) is 104 cm³/mol. The quantitative estimate of drug-likeness (QED) is 0.403. The summed E-state index contributed by atoms with van der Waals surface area (Å²) in [5.74, 6) is -0.0125. The number of hydrogen-bond donors (Lipinski definition) is 1. The van der Waals surface area contributed by atoms with Gasteiger partial charge in [-0.2, -0.15) is 5.10 Å². The van der Waals surface area contributed by atoms with Crippen LogP contribution < -0.4 is 5.43 Å². The van der Waals surface area contributed by atoms with Crippen molar-refractivity contribution < 1.29 is 4.79 Å². The van der Waals surface area contributed by atoms with Crippen molar-refractivity contribution in [2.45, 2.75) is 5.16 Å². The summed E-state index contributed by atoms with van der Waals surface area (Å²) >= 11 is 13.2. The maximum Gasteiger partial charge on any atom is 0.250 e. The molecule has 0 fully saturated rings. The maximum atomic E-state index is 11.9. The number of hydrogen-bond acceptors (Lipinski definition) is 4. The van der Waals surface area contributed by atoms with Gasteiger partial charge in [0.25, 0.3) is 5.91 Å². The highest BCUT2D eigenvalue weighted by molar-refractivity contribution is 7.99. The average molecular weight is 393 g/mol. The molecule has 0 aliphatic carbocycles.